The molecule has 3 N–H and O–H groups in total. The van der Waals surface area contributed by atoms with E-state index >= 15 is 4.39 Å². The molecule has 248 valence electrons. The third-order valence-corrected chi connectivity index (χ3v) is 10.7. The number of benzene rings is 1. The van der Waals surface area contributed by atoms with Crippen LogP contribution in [0.25, 0.3) is 32.2 Å². The van der Waals surface area contributed by atoms with Crippen LogP contribution in [-0.2, 0) is 24.5 Å². The summed E-state index contributed by atoms with van der Waals surface area (Å²) in [6.45, 7) is 4.41. The van der Waals surface area contributed by atoms with Gasteiger partial charge in [0.15, 0.2) is 11.6 Å². The Labute approximate surface area is 278 Å². The highest BCUT2D eigenvalue weighted by Crippen LogP contribution is 2.47. The Morgan fingerprint density at radius 2 is 2.04 bits per heavy atom. The number of hydrogen-bond donors (Lipinski definition) is 2. The molecular formula is C33H33F2N9O3S. The number of halogens is 2. The molecule has 0 radical (unpaired) electrons. The first kappa shape index (κ1) is 30.8. The van der Waals surface area contributed by atoms with Gasteiger partial charge in [0.1, 0.15) is 29.0 Å². The van der Waals surface area contributed by atoms with Crippen molar-refractivity contribution in [3.05, 3.63) is 53.0 Å². The highest BCUT2D eigenvalue weighted by Gasteiger charge is 2.40. The first-order chi connectivity index (χ1) is 23.4. The van der Waals surface area contributed by atoms with Crippen molar-refractivity contribution in [2.45, 2.75) is 45.1 Å². The van der Waals surface area contributed by atoms with Crippen molar-refractivity contribution >= 4 is 43.1 Å². The number of nitrogen functional groups attached to an aromatic ring is 1. The molecule has 7 heterocycles. The summed E-state index contributed by atoms with van der Waals surface area (Å²) in [5, 5.41) is 24.5. The van der Waals surface area contributed by atoms with E-state index in [4.69, 9.17) is 20.2 Å². The number of rotatable bonds is 9. The largest absolute Gasteiger partial charge is 0.461 e. The number of ether oxygens (including phenoxy) is 2. The van der Waals surface area contributed by atoms with Gasteiger partial charge < -0.3 is 30.1 Å². The van der Waals surface area contributed by atoms with E-state index < -0.39 is 11.6 Å². The molecule has 15 heteroatoms. The molecule has 0 saturated carbocycles. The Morgan fingerprint density at radius 3 is 2.85 bits per heavy atom. The number of aromatic nitrogens is 5. The van der Waals surface area contributed by atoms with Crippen molar-refractivity contribution < 1.29 is 23.4 Å². The first-order valence-corrected chi connectivity index (χ1v) is 16.9. The van der Waals surface area contributed by atoms with Crippen LogP contribution >= 0.6 is 11.3 Å². The molecule has 12 nitrogen and oxygen atoms in total. The average molecular weight is 674 g/mol. The fourth-order valence-corrected chi connectivity index (χ4v) is 8.39. The van der Waals surface area contributed by atoms with E-state index in [1.807, 2.05) is 12.3 Å². The van der Waals surface area contributed by atoms with Crippen LogP contribution in [0, 0.1) is 28.9 Å². The summed E-state index contributed by atoms with van der Waals surface area (Å²) >= 11 is 0.936. The van der Waals surface area contributed by atoms with Gasteiger partial charge in [-0.3, -0.25) is 9.67 Å². The van der Waals surface area contributed by atoms with Crippen LogP contribution in [0.5, 0.6) is 6.01 Å². The third-order valence-electron chi connectivity index (χ3n) is 9.64. The van der Waals surface area contributed by atoms with Gasteiger partial charge in [-0.15, -0.1) is 11.3 Å². The summed E-state index contributed by atoms with van der Waals surface area (Å²) in [5.41, 5.74) is 7.75. The standard InChI is InChI=1S/C33H33F2N9O3S/c34-23-13-38-28(25-20(12-36)31(37)48-30(23)25)24-21-16-46-17-22(21)26-29(27(24)35)40-33(47-10-8-43-6-1-4-39-43)41-32(26)44-14-18-3-7-42(5-2-9-45)15-19(44)11-18/h1,4,6,13,18-19,45H,2-3,5,7-11,14-17,37H2. The predicted octanol–water partition coefficient (Wildman–Crippen LogP) is 4.23. The van der Waals surface area contributed by atoms with Crippen molar-refractivity contribution in [2.24, 2.45) is 5.92 Å². The number of thiophene rings is 1. The van der Waals surface area contributed by atoms with E-state index in [1.165, 1.54) is 0 Å². The number of nitriles is 1. The van der Waals surface area contributed by atoms with Gasteiger partial charge in [-0.05, 0) is 48.9 Å². The van der Waals surface area contributed by atoms with Gasteiger partial charge in [-0.1, -0.05) is 0 Å². The van der Waals surface area contributed by atoms with E-state index in [0.29, 0.717) is 35.7 Å². The maximum Gasteiger partial charge on any atom is 0.319 e. The van der Waals surface area contributed by atoms with Crippen molar-refractivity contribution in [3.63, 3.8) is 0 Å². The van der Waals surface area contributed by atoms with Crippen LogP contribution in [0.1, 0.15) is 36.0 Å². The Kier molecular flexibility index (Phi) is 8.03. The van der Waals surface area contributed by atoms with Gasteiger partial charge in [-0.2, -0.15) is 20.3 Å². The molecule has 5 aromatic rings. The number of nitrogens with zero attached hydrogens (tertiary/aromatic N) is 8. The molecule has 0 spiro atoms. The number of aliphatic hydroxyl groups excluding tert-OH is 1. The minimum atomic E-state index is -0.673. The molecule has 2 unspecified atom stereocenters. The molecule has 8 rings (SSSR count). The lowest BCUT2D eigenvalue weighted by Crippen LogP contribution is -2.42. The van der Waals surface area contributed by atoms with Crippen molar-refractivity contribution in [3.8, 4) is 23.3 Å². The molecule has 2 atom stereocenters. The third kappa shape index (κ3) is 5.20. The second-order valence-corrected chi connectivity index (χ2v) is 13.5. The summed E-state index contributed by atoms with van der Waals surface area (Å²) in [5.74, 6) is -0.287. The Morgan fingerprint density at radius 1 is 1.17 bits per heavy atom. The summed E-state index contributed by atoms with van der Waals surface area (Å²) in [6.07, 6.45) is 7.24. The molecule has 0 amide bonds. The average Bonchev–Trinajstić information content (AvgIpc) is 3.88. The minimum Gasteiger partial charge on any atom is -0.461 e. The molecule has 2 fully saturated rings. The molecular weight excluding hydrogens is 640 g/mol. The van der Waals surface area contributed by atoms with Gasteiger partial charge >= 0.3 is 6.01 Å². The molecule has 48 heavy (non-hydrogen) atoms. The van der Waals surface area contributed by atoms with Gasteiger partial charge in [-0.25, -0.2) is 8.78 Å². The van der Waals surface area contributed by atoms with E-state index in [-0.39, 0.29) is 75.9 Å². The molecule has 4 aromatic heterocycles. The normalized spacial score (nSPS) is 19.2. The predicted molar refractivity (Wildman–Crippen MR) is 175 cm³/mol. The summed E-state index contributed by atoms with van der Waals surface area (Å²) in [7, 11) is 0. The lowest BCUT2D eigenvalue weighted by Gasteiger charge is -2.33. The van der Waals surface area contributed by atoms with Gasteiger partial charge in [0.25, 0.3) is 0 Å². The highest BCUT2D eigenvalue weighted by atomic mass is 32.1. The second kappa shape index (κ2) is 12.5. The maximum absolute atomic E-state index is 17.3. The van der Waals surface area contributed by atoms with Crippen LogP contribution in [0.4, 0.5) is 19.6 Å². The molecule has 0 aliphatic carbocycles. The zero-order valence-electron chi connectivity index (χ0n) is 26.0. The number of hydrogen-bond acceptors (Lipinski definition) is 12. The van der Waals surface area contributed by atoms with Gasteiger partial charge in [0.2, 0.25) is 0 Å². The van der Waals surface area contributed by atoms with Crippen LogP contribution in [0.15, 0.2) is 24.7 Å². The zero-order chi connectivity index (χ0) is 32.9. The van der Waals surface area contributed by atoms with Crippen molar-refractivity contribution in [1.29, 1.82) is 5.26 Å². The summed E-state index contributed by atoms with van der Waals surface area (Å²) in [6, 6.07) is 4.03. The fourth-order valence-electron chi connectivity index (χ4n) is 7.47. The molecule has 2 bridgehead atoms. The van der Waals surface area contributed by atoms with E-state index in [1.54, 1.807) is 10.9 Å². The number of anilines is 2. The van der Waals surface area contributed by atoms with Crippen LogP contribution in [0.3, 0.4) is 0 Å². The zero-order valence-corrected chi connectivity index (χ0v) is 26.8. The van der Waals surface area contributed by atoms with Crippen LogP contribution < -0.4 is 15.4 Å². The molecule has 1 aromatic carbocycles. The van der Waals surface area contributed by atoms with Crippen LogP contribution in [-0.4, -0.2) is 80.2 Å². The summed E-state index contributed by atoms with van der Waals surface area (Å²) in [4.78, 5) is 18.6. The quantitative estimate of drug-likeness (QED) is 0.231. The maximum atomic E-state index is 17.3. The number of pyridine rings is 1. The van der Waals surface area contributed by atoms with E-state index in [2.05, 4.69) is 30.9 Å². The van der Waals surface area contributed by atoms with Crippen molar-refractivity contribution in [1.82, 2.24) is 29.6 Å². The highest BCUT2D eigenvalue weighted by molar-refractivity contribution is 7.23. The monoisotopic (exact) mass is 673 g/mol. The van der Waals surface area contributed by atoms with E-state index in [0.717, 1.165) is 62.1 Å². The van der Waals surface area contributed by atoms with Gasteiger partial charge in [0.05, 0.1) is 47.3 Å². The SMILES string of the molecule is N#Cc1c(N)sc2c(F)cnc(-c3c4c(c5c(N6CC7CCN(CCCO)CC6C7)nc(OCCn6cccn6)nc5c3F)COC4)c12. The molecule has 3 aliphatic rings. The van der Waals surface area contributed by atoms with Gasteiger partial charge in [0, 0.05) is 55.6 Å². The fraction of sp³-hybridized carbons (Fsp3) is 0.424. The second-order valence-electron chi connectivity index (χ2n) is 12.5. The van der Waals surface area contributed by atoms with Crippen molar-refractivity contribution in [2.75, 3.05) is 50.0 Å². The summed E-state index contributed by atoms with van der Waals surface area (Å²) < 4.78 is 46.2. The number of fused-ring (bicyclic) bond motifs is 6. The number of aliphatic hydroxyl groups is 1. The van der Waals surface area contributed by atoms with E-state index in [9.17, 15) is 14.8 Å². The lowest BCUT2D eigenvalue weighted by molar-refractivity contribution is 0.135. The minimum absolute atomic E-state index is 0.0273. The number of likely N-dealkylation sites (tertiary alicyclic amines) is 1. The Bertz CT molecular complexity index is 2070. The lowest BCUT2D eigenvalue weighted by atomic mass is 9.93. The topological polar surface area (TPSA) is 151 Å². The van der Waals surface area contributed by atoms with Crippen LogP contribution in [0.2, 0.25) is 0 Å². The Balaban J connectivity index is 1.31. The Hall–Kier alpha value is -4.49. The molecule has 3 aliphatic heterocycles. The number of nitrogens with two attached hydrogens (primary N) is 1. The smallest absolute Gasteiger partial charge is 0.319 e. The molecule has 2 saturated heterocycles. The first-order valence-electron chi connectivity index (χ1n) is 16.0.